The summed E-state index contributed by atoms with van der Waals surface area (Å²) in [5.74, 6) is 0.291. The molecule has 0 spiro atoms. The molecular weight excluding hydrogens is 288 g/mol. The molecular formula is C14H18N4O4. The van der Waals surface area contributed by atoms with Crippen molar-refractivity contribution in [1.29, 1.82) is 0 Å². The van der Waals surface area contributed by atoms with Gasteiger partial charge in [-0.15, -0.1) is 0 Å². The number of carbonyl (C=O) groups is 1. The predicted octanol–water partition coefficient (Wildman–Crippen LogP) is 0.746. The van der Waals surface area contributed by atoms with E-state index in [-0.39, 0.29) is 11.5 Å². The lowest BCUT2D eigenvalue weighted by Gasteiger charge is -2.09. The summed E-state index contributed by atoms with van der Waals surface area (Å²) in [4.78, 5) is 30.6. The van der Waals surface area contributed by atoms with Crippen LogP contribution in [0.4, 0.5) is 0 Å². The number of ether oxygens (including phenoxy) is 1. The molecule has 8 nitrogen and oxygen atoms in total. The summed E-state index contributed by atoms with van der Waals surface area (Å²) in [6.07, 6.45) is 0.526. The first-order chi connectivity index (χ1) is 10.5. The molecule has 22 heavy (non-hydrogen) atoms. The maximum absolute atomic E-state index is 12.1. The second-order valence-electron chi connectivity index (χ2n) is 4.87. The second kappa shape index (κ2) is 6.99. The Balaban J connectivity index is 2.04. The number of hydrogen-bond acceptors (Lipinski definition) is 6. The van der Waals surface area contributed by atoms with Crippen molar-refractivity contribution in [2.75, 3.05) is 13.7 Å². The van der Waals surface area contributed by atoms with Gasteiger partial charge in [-0.25, -0.2) is 0 Å². The number of rotatable bonds is 6. The summed E-state index contributed by atoms with van der Waals surface area (Å²) >= 11 is 0. The van der Waals surface area contributed by atoms with Gasteiger partial charge in [0.2, 0.25) is 5.89 Å². The minimum atomic E-state index is -0.503. The van der Waals surface area contributed by atoms with Crippen LogP contribution in [0.15, 0.2) is 21.5 Å². The molecule has 1 atom stereocenters. The number of methoxy groups -OCH3 is 1. The predicted molar refractivity (Wildman–Crippen MR) is 77.6 cm³/mol. The average molecular weight is 306 g/mol. The maximum atomic E-state index is 12.1. The molecule has 0 unspecified atom stereocenters. The van der Waals surface area contributed by atoms with Crippen LogP contribution in [0.1, 0.15) is 40.7 Å². The molecule has 0 aliphatic carbocycles. The van der Waals surface area contributed by atoms with Gasteiger partial charge in [0.1, 0.15) is 11.6 Å². The molecule has 0 aliphatic heterocycles. The normalized spacial score (nSPS) is 12.1. The molecule has 1 amide bonds. The van der Waals surface area contributed by atoms with Crippen molar-refractivity contribution in [3.05, 3.63) is 45.5 Å². The number of nitrogens with one attached hydrogen (secondary N) is 2. The lowest BCUT2D eigenvalue weighted by molar-refractivity contribution is 0.0931. The van der Waals surface area contributed by atoms with E-state index in [0.29, 0.717) is 24.5 Å². The van der Waals surface area contributed by atoms with Crippen molar-refractivity contribution in [1.82, 2.24) is 20.4 Å². The van der Waals surface area contributed by atoms with Gasteiger partial charge in [0.15, 0.2) is 5.82 Å². The van der Waals surface area contributed by atoms with Crippen LogP contribution in [0.2, 0.25) is 0 Å². The Morgan fingerprint density at radius 1 is 1.50 bits per heavy atom. The Morgan fingerprint density at radius 3 is 2.95 bits per heavy atom. The van der Waals surface area contributed by atoms with Gasteiger partial charge in [-0.3, -0.25) is 9.59 Å². The third kappa shape index (κ3) is 3.79. The summed E-state index contributed by atoms with van der Waals surface area (Å²) in [5.41, 5.74) is 0.293. The van der Waals surface area contributed by atoms with E-state index in [9.17, 15) is 9.59 Å². The summed E-state index contributed by atoms with van der Waals surface area (Å²) in [5, 5.41) is 6.45. The number of aryl methyl sites for hydroxylation is 1. The minimum absolute atomic E-state index is 0.0385. The standard InChI is InChI=1S/C14H18N4O4/c1-8-4-5-10(12(19)15-8)13(20)16-9(2)14-17-11(18-22-14)6-7-21-3/h4-5,9H,6-7H2,1-3H3,(H,15,19)(H,16,20)/t9-/m1/s1. The summed E-state index contributed by atoms with van der Waals surface area (Å²) in [7, 11) is 1.59. The third-order valence-corrected chi connectivity index (χ3v) is 3.03. The Morgan fingerprint density at radius 2 is 2.27 bits per heavy atom. The number of carbonyl (C=O) groups excluding carboxylic acids is 1. The number of aromatic amines is 1. The quantitative estimate of drug-likeness (QED) is 0.814. The highest BCUT2D eigenvalue weighted by molar-refractivity contribution is 5.93. The molecule has 0 aliphatic rings. The molecule has 0 fully saturated rings. The third-order valence-electron chi connectivity index (χ3n) is 3.03. The fourth-order valence-corrected chi connectivity index (χ4v) is 1.83. The molecule has 118 valence electrons. The molecule has 0 bridgehead atoms. The average Bonchev–Trinajstić information content (AvgIpc) is 2.93. The van der Waals surface area contributed by atoms with Crippen molar-refractivity contribution in [3.8, 4) is 0 Å². The summed E-state index contributed by atoms with van der Waals surface area (Å²) in [6, 6.07) is 2.64. The first-order valence-corrected chi connectivity index (χ1v) is 6.83. The van der Waals surface area contributed by atoms with Crippen molar-refractivity contribution in [3.63, 3.8) is 0 Å². The Kier molecular flexibility index (Phi) is 5.05. The fraction of sp³-hybridized carbons (Fsp3) is 0.429. The highest BCUT2D eigenvalue weighted by Crippen LogP contribution is 2.10. The zero-order valence-electron chi connectivity index (χ0n) is 12.7. The van der Waals surface area contributed by atoms with E-state index in [1.54, 1.807) is 27.0 Å². The van der Waals surface area contributed by atoms with Gasteiger partial charge in [-0.2, -0.15) is 4.98 Å². The summed E-state index contributed by atoms with van der Waals surface area (Å²) < 4.78 is 10.0. The van der Waals surface area contributed by atoms with Crippen LogP contribution in [-0.2, 0) is 11.2 Å². The molecule has 2 rings (SSSR count). The number of H-pyrrole nitrogens is 1. The fourth-order valence-electron chi connectivity index (χ4n) is 1.83. The van der Waals surface area contributed by atoms with E-state index in [1.165, 1.54) is 6.07 Å². The van der Waals surface area contributed by atoms with Crippen LogP contribution in [0, 0.1) is 6.92 Å². The molecule has 0 aromatic carbocycles. The number of amides is 1. The zero-order chi connectivity index (χ0) is 16.1. The molecule has 0 saturated heterocycles. The van der Waals surface area contributed by atoms with Crippen LogP contribution < -0.4 is 10.9 Å². The topological polar surface area (TPSA) is 110 Å². The van der Waals surface area contributed by atoms with Crippen LogP contribution in [0.25, 0.3) is 0 Å². The molecule has 2 N–H and O–H groups in total. The number of aromatic nitrogens is 3. The minimum Gasteiger partial charge on any atom is -0.384 e. The Hall–Kier alpha value is -2.48. The van der Waals surface area contributed by atoms with Gasteiger partial charge in [-0.1, -0.05) is 5.16 Å². The number of nitrogens with zero attached hydrogens (tertiary/aromatic N) is 2. The molecule has 8 heteroatoms. The van der Waals surface area contributed by atoms with Crippen molar-refractivity contribution >= 4 is 5.91 Å². The highest BCUT2D eigenvalue weighted by atomic mass is 16.5. The van der Waals surface area contributed by atoms with Crippen LogP contribution in [-0.4, -0.2) is 34.7 Å². The smallest absolute Gasteiger partial charge is 0.260 e. The monoisotopic (exact) mass is 306 g/mol. The van der Waals surface area contributed by atoms with Gasteiger partial charge >= 0.3 is 0 Å². The lowest BCUT2D eigenvalue weighted by Crippen LogP contribution is -2.31. The van der Waals surface area contributed by atoms with Crippen molar-refractivity contribution in [2.45, 2.75) is 26.3 Å². The lowest BCUT2D eigenvalue weighted by atomic mass is 10.2. The van der Waals surface area contributed by atoms with Crippen molar-refractivity contribution in [2.24, 2.45) is 0 Å². The second-order valence-corrected chi connectivity index (χ2v) is 4.87. The van der Waals surface area contributed by atoms with Crippen LogP contribution in [0.3, 0.4) is 0 Å². The zero-order valence-corrected chi connectivity index (χ0v) is 12.7. The highest BCUT2D eigenvalue weighted by Gasteiger charge is 2.19. The van der Waals surface area contributed by atoms with Crippen LogP contribution in [0.5, 0.6) is 0 Å². The van der Waals surface area contributed by atoms with Gasteiger partial charge in [0.25, 0.3) is 11.5 Å². The van der Waals surface area contributed by atoms with Crippen molar-refractivity contribution < 1.29 is 14.1 Å². The van der Waals surface area contributed by atoms with E-state index in [0.717, 1.165) is 0 Å². The Labute approximate surface area is 126 Å². The molecule has 2 heterocycles. The van der Waals surface area contributed by atoms with Gasteiger partial charge in [0, 0.05) is 19.2 Å². The molecule has 0 saturated carbocycles. The number of hydrogen-bond donors (Lipinski definition) is 2. The Bertz CT molecular complexity index is 707. The van der Waals surface area contributed by atoms with E-state index in [1.807, 2.05) is 0 Å². The first kappa shape index (κ1) is 15.9. The van der Waals surface area contributed by atoms with Gasteiger partial charge in [0.05, 0.1) is 6.61 Å². The maximum Gasteiger partial charge on any atom is 0.260 e. The summed E-state index contributed by atoms with van der Waals surface area (Å²) in [6.45, 7) is 3.93. The number of pyridine rings is 1. The first-order valence-electron chi connectivity index (χ1n) is 6.83. The molecule has 2 aromatic rings. The van der Waals surface area contributed by atoms with E-state index >= 15 is 0 Å². The van der Waals surface area contributed by atoms with Gasteiger partial charge in [-0.05, 0) is 26.0 Å². The molecule has 0 radical (unpaired) electrons. The molecule has 2 aromatic heterocycles. The SMILES string of the molecule is COCCc1noc([C@@H](C)NC(=O)c2ccc(C)[nH]c2=O)n1. The largest absolute Gasteiger partial charge is 0.384 e. The van der Waals surface area contributed by atoms with Gasteiger partial charge < -0.3 is 19.6 Å². The van der Waals surface area contributed by atoms with Crippen LogP contribution >= 0.6 is 0 Å². The van der Waals surface area contributed by atoms with E-state index in [4.69, 9.17) is 9.26 Å². The van der Waals surface area contributed by atoms with E-state index in [2.05, 4.69) is 20.4 Å². The van der Waals surface area contributed by atoms with E-state index < -0.39 is 17.5 Å².